The zero-order valence-electron chi connectivity index (χ0n) is 33.3. The maximum absolute atomic E-state index is 13.8. The van der Waals surface area contributed by atoms with E-state index in [2.05, 4.69) is 28.2 Å². The highest BCUT2D eigenvalue weighted by Crippen LogP contribution is 2.36. The molecule has 0 radical (unpaired) electrons. The van der Waals surface area contributed by atoms with E-state index in [-0.39, 0.29) is 63.4 Å². The number of aromatic hydroxyl groups is 1. The summed E-state index contributed by atoms with van der Waals surface area (Å²) in [7, 11) is 3.79. The van der Waals surface area contributed by atoms with Crippen molar-refractivity contribution >= 4 is 52.3 Å². The molecule has 0 saturated heterocycles. The minimum absolute atomic E-state index is 0.0274. The summed E-state index contributed by atoms with van der Waals surface area (Å²) in [5.74, 6) is -4.60. The molecule has 4 atom stereocenters. The molecular formula is C40H60N8O9. The molecule has 4 unspecified atom stereocenters. The Morgan fingerprint density at radius 1 is 0.947 bits per heavy atom. The molecule has 1 heterocycles. The fraction of sp³-hybridized carbons (Fsp3) is 0.575. The molecule has 10 N–H and O–H groups in total. The average molecular weight is 797 g/mol. The van der Waals surface area contributed by atoms with Crippen LogP contribution in [0.4, 0.5) is 0 Å². The number of hydrogen-bond acceptors (Lipinski definition) is 11. The largest absolute Gasteiger partial charge is 0.494 e. The second-order valence-electron chi connectivity index (χ2n) is 14.7. The Balaban J connectivity index is 1.74. The molecule has 1 aromatic carbocycles. The number of carboxylic acids is 2. The third kappa shape index (κ3) is 13.7. The number of carboxylic acid groups (broad SMARTS) is 2. The average Bonchev–Trinajstić information content (AvgIpc) is 3.17. The second-order valence-corrected chi connectivity index (χ2v) is 14.7. The molecule has 0 spiro atoms. The molecule has 0 bridgehead atoms. The van der Waals surface area contributed by atoms with Gasteiger partial charge in [0.15, 0.2) is 5.88 Å². The van der Waals surface area contributed by atoms with E-state index in [9.17, 15) is 39.0 Å². The van der Waals surface area contributed by atoms with Gasteiger partial charge in [-0.3, -0.25) is 28.5 Å². The number of nitrogens with two attached hydrogens (primary N) is 1. The van der Waals surface area contributed by atoms with Crippen LogP contribution < -0.4 is 32.6 Å². The second kappa shape index (κ2) is 23.1. The van der Waals surface area contributed by atoms with Crippen LogP contribution in [0.25, 0.3) is 16.5 Å². The number of allylic oxidation sites excluding steroid dienone is 1. The number of nitrogens with one attached hydrogen (secondary N) is 5. The highest BCUT2D eigenvalue weighted by molar-refractivity contribution is 5.98. The number of carbonyl (C=O) groups is 5. The van der Waals surface area contributed by atoms with Gasteiger partial charge in [0.05, 0.1) is 6.04 Å². The maximum Gasteiger partial charge on any atom is 0.326 e. The van der Waals surface area contributed by atoms with Crippen molar-refractivity contribution in [3.8, 4) is 5.88 Å². The molecule has 314 valence electrons. The number of pyridine rings is 1. The molecule has 0 aliphatic heterocycles. The van der Waals surface area contributed by atoms with Crippen LogP contribution in [0.1, 0.15) is 88.7 Å². The van der Waals surface area contributed by atoms with E-state index in [1.54, 1.807) is 12.1 Å². The first-order valence-electron chi connectivity index (χ1n) is 19.7. The molecule has 57 heavy (non-hydrogen) atoms. The summed E-state index contributed by atoms with van der Waals surface area (Å²) < 4.78 is 1.18. The third-order valence-corrected chi connectivity index (χ3v) is 10.1. The molecular weight excluding hydrogens is 736 g/mol. The van der Waals surface area contributed by atoms with E-state index in [0.29, 0.717) is 35.8 Å². The highest BCUT2D eigenvalue weighted by atomic mass is 16.4. The molecule has 2 aromatic rings. The first-order chi connectivity index (χ1) is 27.2. The predicted octanol–water partition coefficient (Wildman–Crippen LogP) is 1.91. The van der Waals surface area contributed by atoms with Gasteiger partial charge in [-0.15, -0.1) is 0 Å². The van der Waals surface area contributed by atoms with Crippen molar-refractivity contribution in [2.45, 2.75) is 109 Å². The standard InChI is InChI=1S/C40H60N8O9/c1-4-5-6-7-10-25(23-41)24-43-20-17-29(42)36(52)46-30(37(53)44-21-18-31(40(56)57)45-33(49)13-9-14-34(50)51)19-22-48-38(54)27-12-8-11-26-32(47(2)3)16-15-28(35(26)27)39(48)55/h8,11-12,16,23,25,29-31,41,43,55H,4-7,9-10,13-15,17-22,24,42H2,1-3H3,(H,44,53)(H,45,49)(H,46,52)(H,50,51)(H,56,57). The highest BCUT2D eigenvalue weighted by Gasteiger charge is 2.28. The van der Waals surface area contributed by atoms with E-state index >= 15 is 0 Å². The van der Waals surface area contributed by atoms with Crippen molar-refractivity contribution in [1.29, 1.82) is 5.41 Å². The summed E-state index contributed by atoms with van der Waals surface area (Å²) in [6.45, 7) is 2.72. The van der Waals surface area contributed by atoms with Crippen LogP contribution in [0.2, 0.25) is 0 Å². The number of aromatic nitrogens is 1. The van der Waals surface area contributed by atoms with E-state index in [0.717, 1.165) is 43.4 Å². The summed E-state index contributed by atoms with van der Waals surface area (Å²) in [5, 5.41) is 49.5. The van der Waals surface area contributed by atoms with Gasteiger partial charge >= 0.3 is 11.9 Å². The lowest BCUT2D eigenvalue weighted by molar-refractivity contribution is -0.142. The van der Waals surface area contributed by atoms with Crippen molar-refractivity contribution in [1.82, 2.24) is 30.7 Å². The smallest absolute Gasteiger partial charge is 0.326 e. The van der Waals surface area contributed by atoms with Gasteiger partial charge in [-0.2, -0.15) is 0 Å². The van der Waals surface area contributed by atoms with Gasteiger partial charge in [-0.25, -0.2) is 4.79 Å². The number of nitrogens with zero attached hydrogens (tertiary/aromatic N) is 2. The van der Waals surface area contributed by atoms with Crippen LogP contribution in [0, 0.1) is 11.3 Å². The van der Waals surface area contributed by atoms with E-state index in [1.165, 1.54) is 10.8 Å². The zero-order valence-corrected chi connectivity index (χ0v) is 33.3. The molecule has 17 heteroatoms. The lowest BCUT2D eigenvalue weighted by atomic mass is 9.91. The third-order valence-electron chi connectivity index (χ3n) is 10.1. The first kappa shape index (κ1) is 46.1. The van der Waals surface area contributed by atoms with E-state index in [1.807, 2.05) is 31.1 Å². The Hall–Kier alpha value is -5.29. The minimum atomic E-state index is -1.38. The van der Waals surface area contributed by atoms with Crippen LogP contribution in [0.15, 0.2) is 29.1 Å². The summed E-state index contributed by atoms with van der Waals surface area (Å²) in [6.07, 6.45) is 8.51. The fourth-order valence-corrected chi connectivity index (χ4v) is 6.86. The number of carbonyl (C=O) groups excluding carboxylic acids is 3. The molecule has 1 aromatic heterocycles. The quantitative estimate of drug-likeness (QED) is 0.0464. The normalized spacial score (nSPS) is 14.1. The number of amides is 3. The van der Waals surface area contributed by atoms with Crippen LogP contribution in [0.3, 0.4) is 0 Å². The molecule has 3 rings (SSSR count). The number of aliphatic carboxylic acids is 2. The zero-order chi connectivity index (χ0) is 42.1. The summed E-state index contributed by atoms with van der Waals surface area (Å²) in [4.78, 5) is 77.5. The van der Waals surface area contributed by atoms with Crippen LogP contribution in [-0.4, -0.2) is 113 Å². The molecule has 17 nitrogen and oxygen atoms in total. The molecule has 1 aliphatic rings. The van der Waals surface area contributed by atoms with Crippen LogP contribution in [0.5, 0.6) is 5.88 Å². The maximum atomic E-state index is 13.8. The van der Waals surface area contributed by atoms with E-state index in [4.69, 9.17) is 16.2 Å². The van der Waals surface area contributed by atoms with Crippen molar-refractivity contribution < 1.29 is 39.3 Å². The SMILES string of the molecule is CCCCCCC(C=N)CNCCC(N)C(=O)NC(CCn1c(O)c2c3c(cccc3c1=O)C(N(C)C)=CC2)C(=O)NCCC(NC(=O)CCCC(=O)O)C(=O)O. The Labute approximate surface area is 332 Å². The molecule has 3 amide bonds. The summed E-state index contributed by atoms with van der Waals surface area (Å²) in [5.41, 5.74) is 8.04. The van der Waals surface area contributed by atoms with Gasteiger partial charge in [-0.1, -0.05) is 50.8 Å². The molecule has 0 fully saturated rings. The minimum Gasteiger partial charge on any atom is -0.494 e. The molecule has 1 aliphatic carbocycles. The van der Waals surface area contributed by atoms with Crippen molar-refractivity contribution in [3.63, 3.8) is 0 Å². The summed E-state index contributed by atoms with van der Waals surface area (Å²) in [6, 6.07) is 1.69. The first-order valence-corrected chi connectivity index (χ1v) is 19.7. The Morgan fingerprint density at radius 3 is 2.37 bits per heavy atom. The Bertz CT molecular complexity index is 1830. The number of rotatable bonds is 27. The van der Waals surface area contributed by atoms with Gasteiger partial charge in [0.25, 0.3) is 5.56 Å². The van der Waals surface area contributed by atoms with E-state index < -0.39 is 53.3 Å². The number of hydrogen-bond donors (Lipinski definition) is 9. The van der Waals surface area contributed by atoms with Crippen LogP contribution >= 0.6 is 0 Å². The Kier molecular flexibility index (Phi) is 18.7. The van der Waals surface area contributed by atoms with Crippen LogP contribution in [-0.2, 0) is 36.9 Å². The van der Waals surface area contributed by atoms with Gasteiger partial charge in [0, 0.05) is 80.1 Å². The van der Waals surface area contributed by atoms with Crippen molar-refractivity contribution in [3.05, 3.63) is 45.8 Å². The number of benzene rings is 1. The predicted molar refractivity (Wildman–Crippen MR) is 217 cm³/mol. The lowest BCUT2D eigenvalue weighted by Gasteiger charge is -2.26. The summed E-state index contributed by atoms with van der Waals surface area (Å²) >= 11 is 0. The van der Waals surface area contributed by atoms with Gasteiger partial charge in [-0.05, 0) is 57.4 Å². The monoisotopic (exact) mass is 796 g/mol. The van der Waals surface area contributed by atoms with Crippen molar-refractivity contribution in [2.75, 3.05) is 33.7 Å². The lowest BCUT2D eigenvalue weighted by Crippen LogP contribution is -2.53. The number of unbranched alkanes of at least 4 members (excludes halogenated alkanes) is 3. The fourth-order valence-electron chi connectivity index (χ4n) is 6.86. The van der Waals surface area contributed by atoms with Crippen molar-refractivity contribution in [2.24, 2.45) is 11.7 Å². The van der Waals surface area contributed by atoms with Gasteiger partial charge in [0.1, 0.15) is 12.1 Å². The molecule has 0 saturated carbocycles. The van der Waals surface area contributed by atoms with Gasteiger partial charge < -0.3 is 52.6 Å². The van der Waals surface area contributed by atoms with Gasteiger partial charge in [0.2, 0.25) is 17.7 Å². The topological polar surface area (TPSA) is 269 Å². The Morgan fingerprint density at radius 2 is 1.70 bits per heavy atom.